The lowest BCUT2D eigenvalue weighted by atomic mass is 9.89. The first-order chi connectivity index (χ1) is 16.9. The van der Waals surface area contributed by atoms with Crippen molar-refractivity contribution < 1.29 is 18.8 Å². The van der Waals surface area contributed by atoms with Gasteiger partial charge in [0.15, 0.2) is 5.82 Å². The largest absolute Gasteiger partial charge is 0.491 e. The Kier molecular flexibility index (Phi) is 8.10. The van der Waals surface area contributed by atoms with Crippen molar-refractivity contribution in [1.29, 1.82) is 0 Å². The van der Waals surface area contributed by atoms with Gasteiger partial charge in [0.05, 0.1) is 17.0 Å². The van der Waals surface area contributed by atoms with Crippen molar-refractivity contribution in [3.05, 3.63) is 47.0 Å². The van der Waals surface area contributed by atoms with Crippen LogP contribution in [-0.2, 0) is 6.42 Å². The Hall–Kier alpha value is -2.88. The van der Waals surface area contributed by atoms with Gasteiger partial charge in [-0.1, -0.05) is 17.3 Å². The molecule has 1 aliphatic heterocycles. The summed E-state index contributed by atoms with van der Waals surface area (Å²) in [7, 11) is 1.78. The summed E-state index contributed by atoms with van der Waals surface area (Å²) in [4.78, 5) is 9.82. The van der Waals surface area contributed by atoms with Crippen molar-refractivity contribution in [2.24, 2.45) is 5.92 Å². The number of halogens is 1. The molecular weight excluding hydrogens is 449 g/mol. The quantitative estimate of drug-likeness (QED) is 0.426. The zero-order valence-corrected chi connectivity index (χ0v) is 20.8. The van der Waals surface area contributed by atoms with Gasteiger partial charge in [-0.15, -0.1) is 0 Å². The minimum atomic E-state index is -0.912. The maximum absolute atomic E-state index is 14.7. The Balaban J connectivity index is 1.73. The van der Waals surface area contributed by atoms with Crippen LogP contribution in [0.1, 0.15) is 29.1 Å². The van der Waals surface area contributed by atoms with Crippen molar-refractivity contribution in [2.45, 2.75) is 45.9 Å². The lowest BCUT2D eigenvalue weighted by Crippen LogP contribution is -2.39. The fourth-order valence-electron chi connectivity index (χ4n) is 4.52. The minimum Gasteiger partial charge on any atom is -0.491 e. The molecule has 1 aromatic carbocycles. The summed E-state index contributed by atoms with van der Waals surface area (Å²) < 4.78 is 25.9. The van der Waals surface area contributed by atoms with Gasteiger partial charge in [-0.2, -0.15) is 0 Å². The number of aliphatic hydroxyl groups is 1. The van der Waals surface area contributed by atoms with Gasteiger partial charge in [0.25, 0.3) is 0 Å². The number of ether oxygens (including phenoxy) is 1. The molecular formula is C26H34FN5O3. The number of aryl methyl sites for hydroxylation is 2. The maximum atomic E-state index is 14.7. The third-order valence-corrected chi connectivity index (χ3v) is 6.49. The number of hydrogen-bond acceptors (Lipinski definition) is 8. The summed E-state index contributed by atoms with van der Waals surface area (Å²) in [6, 6.07) is 7.49. The second kappa shape index (κ2) is 11.2. The molecule has 3 heterocycles. The highest BCUT2D eigenvalue weighted by Gasteiger charge is 2.28. The van der Waals surface area contributed by atoms with Crippen molar-refractivity contribution in [1.82, 2.24) is 25.8 Å². The summed E-state index contributed by atoms with van der Waals surface area (Å²) in [5.74, 6) is 1.73. The summed E-state index contributed by atoms with van der Waals surface area (Å²) in [5, 5.41) is 20.1. The highest BCUT2D eigenvalue weighted by atomic mass is 19.1. The van der Waals surface area contributed by atoms with Gasteiger partial charge < -0.3 is 25.0 Å². The Morgan fingerprint density at radius 2 is 2.11 bits per heavy atom. The highest BCUT2D eigenvalue weighted by Crippen LogP contribution is 2.33. The molecule has 0 radical (unpaired) electrons. The molecule has 2 aromatic heterocycles. The smallest absolute Gasteiger partial charge is 0.160 e. The average molecular weight is 484 g/mol. The number of rotatable bonds is 9. The molecule has 3 N–H and O–H groups in total. The lowest BCUT2D eigenvalue weighted by molar-refractivity contribution is 0.108. The molecule has 1 fully saturated rings. The number of alkyl halides is 1. The van der Waals surface area contributed by atoms with Crippen LogP contribution in [0.25, 0.3) is 22.6 Å². The van der Waals surface area contributed by atoms with E-state index in [9.17, 15) is 9.50 Å². The van der Waals surface area contributed by atoms with E-state index < -0.39 is 12.3 Å². The van der Waals surface area contributed by atoms with E-state index in [1.165, 1.54) is 0 Å². The highest BCUT2D eigenvalue weighted by molar-refractivity contribution is 5.71. The molecule has 3 atom stereocenters. The number of aliphatic hydroxyl groups excluding tert-OH is 1. The van der Waals surface area contributed by atoms with E-state index in [2.05, 4.69) is 15.8 Å². The lowest BCUT2D eigenvalue weighted by Gasteiger charge is -2.27. The van der Waals surface area contributed by atoms with E-state index in [0.29, 0.717) is 36.8 Å². The van der Waals surface area contributed by atoms with E-state index in [1.807, 2.05) is 45.0 Å². The number of benzene rings is 1. The van der Waals surface area contributed by atoms with Gasteiger partial charge in [-0.05, 0) is 70.8 Å². The average Bonchev–Trinajstić information content (AvgIpc) is 3.18. The molecule has 1 saturated heterocycles. The maximum Gasteiger partial charge on any atom is 0.160 e. The summed E-state index contributed by atoms with van der Waals surface area (Å²) >= 11 is 0. The fourth-order valence-corrected chi connectivity index (χ4v) is 4.52. The van der Waals surface area contributed by atoms with Gasteiger partial charge in [0, 0.05) is 24.3 Å². The van der Waals surface area contributed by atoms with Crippen LogP contribution in [0.2, 0.25) is 0 Å². The van der Waals surface area contributed by atoms with Crippen LogP contribution in [0.4, 0.5) is 4.39 Å². The second-order valence-electron chi connectivity index (χ2n) is 9.19. The summed E-state index contributed by atoms with van der Waals surface area (Å²) in [6.45, 7) is 7.53. The normalized spacial score (nSPS) is 19.0. The third kappa shape index (κ3) is 5.86. The van der Waals surface area contributed by atoms with Crippen molar-refractivity contribution in [3.8, 4) is 28.4 Å². The topological polar surface area (TPSA) is 105 Å². The van der Waals surface area contributed by atoms with Crippen LogP contribution in [0.15, 0.2) is 28.8 Å². The van der Waals surface area contributed by atoms with Gasteiger partial charge in [-0.25, -0.2) is 14.4 Å². The van der Waals surface area contributed by atoms with Crippen molar-refractivity contribution in [3.63, 3.8) is 0 Å². The molecule has 9 heteroatoms. The number of aromatic nitrogens is 3. The van der Waals surface area contributed by atoms with Crippen LogP contribution in [0, 0.1) is 26.7 Å². The molecule has 3 aromatic rings. The molecule has 4 rings (SSSR count). The van der Waals surface area contributed by atoms with E-state index in [1.54, 1.807) is 7.05 Å². The first kappa shape index (κ1) is 25.2. The molecule has 2 unspecified atom stereocenters. The fraction of sp³-hybridized carbons (Fsp3) is 0.500. The standard InChI is InChI=1S/C26H34FN5O3/c1-15-23(11-18-8-9-29-13-22(18)27)30-26(31-25(15)24-16(2)32-35-17(24)3)19-6-5-7-21(10-19)34-14-20(33)12-28-4/h5-7,10,18,20,22,28-29,33H,8-9,11-14H2,1-4H3/t18?,20?,22-/m1/s1. The SMILES string of the molecule is CNCC(O)COc1cccc(-c2nc(CC3CCNC[C@H]3F)c(C)c(-c3c(C)noc3C)n2)c1. The number of piperidine rings is 1. The number of nitrogens with zero attached hydrogens (tertiary/aromatic N) is 3. The Morgan fingerprint density at radius 3 is 2.83 bits per heavy atom. The zero-order chi connectivity index (χ0) is 24.9. The van der Waals surface area contributed by atoms with Gasteiger partial charge in [0.1, 0.15) is 30.4 Å². The van der Waals surface area contributed by atoms with Crippen LogP contribution in [0.3, 0.4) is 0 Å². The Labute approximate surface area is 205 Å². The van der Waals surface area contributed by atoms with Gasteiger partial charge in [0.2, 0.25) is 0 Å². The predicted molar refractivity (Wildman–Crippen MR) is 132 cm³/mol. The van der Waals surface area contributed by atoms with E-state index in [4.69, 9.17) is 19.2 Å². The molecule has 8 nitrogen and oxygen atoms in total. The monoisotopic (exact) mass is 483 g/mol. The molecule has 0 aliphatic carbocycles. The Morgan fingerprint density at radius 1 is 1.29 bits per heavy atom. The molecule has 0 saturated carbocycles. The van der Waals surface area contributed by atoms with E-state index in [0.717, 1.165) is 46.7 Å². The number of nitrogens with one attached hydrogen (secondary N) is 2. The third-order valence-electron chi connectivity index (χ3n) is 6.49. The van der Waals surface area contributed by atoms with Gasteiger partial charge >= 0.3 is 0 Å². The molecule has 35 heavy (non-hydrogen) atoms. The molecule has 1 aliphatic rings. The minimum absolute atomic E-state index is 0.0986. The van der Waals surface area contributed by atoms with E-state index in [-0.39, 0.29) is 12.5 Å². The van der Waals surface area contributed by atoms with Crippen LogP contribution in [-0.4, -0.2) is 65.8 Å². The number of likely N-dealkylation sites (N-methyl/N-ethyl adjacent to an activating group) is 1. The van der Waals surface area contributed by atoms with Crippen LogP contribution in [0.5, 0.6) is 5.75 Å². The Bertz CT molecular complexity index is 1130. The van der Waals surface area contributed by atoms with Crippen LogP contribution < -0.4 is 15.4 Å². The summed E-state index contributed by atoms with van der Waals surface area (Å²) in [5.41, 5.74) is 4.87. The van der Waals surface area contributed by atoms with Gasteiger partial charge in [-0.3, -0.25) is 0 Å². The predicted octanol–water partition coefficient (Wildman–Crippen LogP) is 3.17. The zero-order valence-electron chi connectivity index (χ0n) is 20.8. The molecule has 0 bridgehead atoms. The number of hydrogen-bond donors (Lipinski definition) is 3. The van der Waals surface area contributed by atoms with Crippen molar-refractivity contribution in [2.75, 3.05) is 33.3 Å². The first-order valence-electron chi connectivity index (χ1n) is 12.1. The molecule has 188 valence electrons. The molecule has 0 spiro atoms. The van der Waals surface area contributed by atoms with E-state index >= 15 is 0 Å². The van der Waals surface area contributed by atoms with Crippen molar-refractivity contribution >= 4 is 0 Å². The molecule has 0 amide bonds. The summed E-state index contributed by atoms with van der Waals surface area (Å²) in [6.07, 6.45) is -0.230. The first-order valence-corrected chi connectivity index (χ1v) is 12.1. The second-order valence-corrected chi connectivity index (χ2v) is 9.19. The van der Waals surface area contributed by atoms with Crippen LogP contribution >= 0.6 is 0 Å².